The molecule has 1 aromatic rings. The maximum absolute atomic E-state index is 10.5. The molecule has 0 aliphatic carbocycles. The molecule has 0 heterocycles. The van der Waals surface area contributed by atoms with Crippen molar-refractivity contribution in [3.63, 3.8) is 0 Å². The zero-order valence-electron chi connectivity index (χ0n) is 11.7. The average Bonchev–Trinajstić information content (AvgIpc) is 2.38. The van der Waals surface area contributed by atoms with Crippen molar-refractivity contribution in [2.24, 2.45) is 0 Å². The first-order chi connectivity index (χ1) is 10.1. The minimum absolute atomic E-state index is 0.206. The molecule has 0 aromatic heterocycles. The van der Waals surface area contributed by atoms with E-state index in [0.29, 0.717) is 22.2 Å². The molecule has 22 heavy (non-hydrogen) atoms. The van der Waals surface area contributed by atoms with Gasteiger partial charge in [0.15, 0.2) is 13.1 Å². The van der Waals surface area contributed by atoms with Crippen molar-refractivity contribution in [3.05, 3.63) is 28.2 Å². The maximum atomic E-state index is 10.5. The molecule has 0 saturated heterocycles. The first-order valence-electron chi connectivity index (χ1n) is 6.06. The summed E-state index contributed by atoms with van der Waals surface area (Å²) in [6, 6.07) is 4.98. The van der Waals surface area contributed by atoms with Crippen LogP contribution in [0.5, 0.6) is 0 Å². The third-order valence-corrected chi connectivity index (χ3v) is 4.31. The maximum Gasteiger partial charge on any atom is 0.458 e. The second-order valence-corrected chi connectivity index (χ2v) is 7.46. The second-order valence-electron chi connectivity index (χ2n) is 4.10. The van der Waals surface area contributed by atoms with Crippen LogP contribution in [-0.2, 0) is 20.6 Å². The Hall–Kier alpha value is -0.870. The molecule has 3 N–H and O–H groups in total. The molecule has 0 spiro atoms. The van der Waals surface area contributed by atoms with Crippen LogP contribution < -0.4 is 5.73 Å². The monoisotopic (exact) mass is 391 g/mol. The van der Waals surface area contributed by atoms with Gasteiger partial charge < -0.3 is 5.73 Å². The Morgan fingerprint density at radius 2 is 1.86 bits per heavy atom. The number of benzene rings is 1. The fourth-order valence-electron chi connectivity index (χ4n) is 1.24. The highest BCUT2D eigenvalue weighted by Gasteiger charge is 2.12. The molecule has 126 valence electrons. The van der Waals surface area contributed by atoms with Gasteiger partial charge in [0.05, 0.1) is 10.7 Å². The van der Waals surface area contributed by atoms with Crippen LogP contribution in [0.1, 0.15) is 13.3 Å². The van der Waals surface area contributed by atoms with Crippen molar-refractivity contribution in [1.29, 1.82) is 0 Å². The molecule has 0 aliphatic heterocycles. The van der Waals surface area contributed by atoms with Crippen molar-refractivity contribution in [2.45, 2.75) is 13.3 Å². The van der Waals surface area contributed by atoms with Crippen LogP contribution in [0, 0.1) is 0 Å². The topological polar surface area (TPSA) is 118 Å². The Morgan fingerprint density at radius 3 is 2.23 bits per heavy atom. The fraction of sp³-hybridized carbons (Fsp3) is 0.455. The van der Waals surface area contributed by atoms with Crippen LogP contribution in [0.25, 0.3) is 0 Å². The summed E-state index contributed by atoms with van der Waals surface area (Å²) in [6.45, 7) is 1.82. The Labute approximate surface area is 141 Å². The summed E-state index contributed by atoms with van der Waals surface area (Å²) in [5, 5.41) is 1.15. The Balaban J connectivity index is 0.000000425. The molecular formula is C11H17Cl2N2O5S2+. The van der Waals surface area contributed by atoms with Gasteiger partial charge >= 0.3 is 10.5 Å². The third kappa shape index (κ3) is 9.96. The quantitative estimate of drug-likeness (QED) is 0.449. The van der Waals surface area contributed by atoms with Gasteiger partial charge in [0.2, 0.25) is 0 Å². The molecule has 0 bridgehead atoms. The van der Waals surface area contributed by atoms with E-state index in [2.05, 4.69) is 0 Å². The molecule has 1 aromatic carbocycles. The second kappa shape index (κ2) is 10.0. The molecule has 0 saturated carbocycles. The predicted octanol–water partition coefficient (Wildman–Crippen LogP) is 1.93. The minimum atomic E-state index is -4.09. The molecule has 0 fully saturated rings. The zero-order valence-corrected chi connectivity index (χ0v) is 14.9. The number of nitrogen functional groups attached to an aromatic ring is 1. The molecule has 7 nitrogen and oxygen atoms in total. The Bertz CT molecular complexity index is 725. The standard InChI is InChI=1S/C6H5Cl2N.C5H11NO5S2/c7-4-1-2-5(8)6(9)3-4;1-2-3-6(12(7)8)4-5-13(9,10)11/h1-3H,9H2;2-5H2,1H3/p+1. The van der Waals surface area contributed by atoms with Gasteiger partial charge in [-0.2, -0.15) is 8.42 Å². The fourth-order valence-corrected chi connectivity index (χ4v) is 2.68. The van der Waals surface area contributed by atoms with Gasteiger partial charge in [-0.15, -0.1) is 12.4 Å². The Kier molecular flexibility index (Phi) is 9.61. The van der Waals surface area contributed by atoms with E-state index in [4.69, 9.17) is 33.5 Å². The molecule has 0 atom stereocenters. The van der Waals surface area contributed by atoms with Crippen LogP contribution in [0.15, 0.2) is 18.2 Å². The van der Waals surface area contributed by atoms with Gasteiger partial charge in [-0.05, 0) is 18.2 Å². The molecule has 0 aliphatic rings. The molecule has 0 amide bonds. The van der Waals surface area contributed by atoms with E-state index < -0.39 is 26.4 Å². The van der Waals surface area contributed by atoms with Crippen LogP contribution in [-0.4, -0.2) is 44.2 Å². The van der Waals surface area contributed by atoms with Gasteiger partial charge in [-0.3, -0.25) is 4.55 Å². The summed E-state index contributed by atoms with van der Waals surface area (Å²) in [5.74, 6) is -0.568. The summed E-state index contributed by atoms with van der Waals surface area (Å²) < 4.78 is 50.8. The molecule has 11 heteroatoms. The van der Waals surface area contributed by atoms with E-state index in [-0.39, 0.29) is 13.1 Å². The molecule has 0 unspecified atom stereocenters. The minimum Gasteiger partial charge on any atom is -0.397 e. The van der Waals surface area contributed by atoms with E-state index in [1.54, 1.807) is 25.1 Å². The predicted molar refractivity (Wildman–Crippen MR) is 86.5 cm³/mol. The summed E-state index contributed by atoms with van der Waals surface area (Å²) in [4.78, 5) is 0. The number of nitrogens with two attached hydrogens (primary N) is 1. The van der Waals surface area contributed by atoms with Gasteiger partial charge in [0.25, 0.3) is 10.1 Å². The van der Waals surface area contributed by atoms with Gasteiger partial charge in [0, 0.05) is 11.4 Å². The molecule has 1 rings (SSSR count). The third-order valence-electron chi connectivity index (χ3n) is 2.24. The van der Waals surface area contributed by atoms with Gasteiger partial charge in [0.1, 0.15) is 5.75 Å². The average molecular weight is 392 g/mol. The zero-order chi connectivity index (χ0) is 17.3. The van der Waals surface area contributed by atoms with Gasteiger partial charge in [-0.25, -0.2) is 0 Å². The number of rotatable bonds is 5. The van der Waals surface area contributed by atoms with Crippen molar-refractivity contribution in [1.82, 2.24) is 0 Å². The first kappa shape index (κ1) is 21.1. The van der Waals surface area contributed by atoms with E-state index in [1.165, 1.54) is 0 Å². The van der Waals surface area contributed by atoms with Crippen molar-refractivity contribution < 1.29 is 25.3 Å². The Morgan fingerprint density at radius 1 is 1.27 bits per heavy atom. The summed E-state index contributed by atoms with van der Waals surface area (Å²) in [5.41, 5.74) is 5.92. The lowest BCUT2D eigenvalue weighted by molar-refractivity contribution is -0.499. The van der Waals surface area contributed by atoms with E-state index in [1.807, 2.05) is 0 Å². The van der Waals surface area contributed by atoms with E-state index in [9.17, 15) is 16.8 Å². The largest absolute Gasteiger partial charge is 0.458 e. The normalized spacial score (nSPS) is 10.5. The number of hydrogen-bond acceptors (Lipinski definition) is 5. The highest BCUT2D eigenvalue weighted by Crippen LogP contribution is 2.21. The van der Waals surface area contributed by atoms with Crippen molar-refractivity contribution in [2.75, 3.05) is 24.6 Å². The summed E-state index contributed by atoms with van der Waals surface area (Å²) >= 11 is 11.2. The lowest BCUT2D eigenvalue weighted by Gasteiger charge is -1.95. The van der Waals surface area contributed by atoms with Crippen LogP contribution >= 0.6 is 23.2 Å². The molecule has 0 radical (unpaired) electrons. The number of anilines is 1. The van der Waals surface area contributed by atoms with Crippen molar-refractivity contribution >= 4 is 49.5 Å². The van der Waals surface area contributed by atoms with Crippen LogP contribution in [0.3, 0.4) is 0 Å². The lowest BCUT2D eigenvalue weighted by atomic mass is 10.3. The van der Waals surface area contributed by atoms with E-state index in [0.717, 1.165) is 3.95 Å². The van der Waals surface area contributed by atoms with Crippen LogP contribution in [0.4, 0.5) is 5.69 Å². The number of nitrogens with zero attached hydrogens (tertiary/aromatic N) is 1. The van der Waals surface area contributed by atoms with Crippen LogP contribution in [0.2, 0.25) is 10.0 Å². The highest BCUT2D eigenvalue weighted by atomic mass is 35.5. The lowest BCUT2D eigenvalue weighted by Crippen LogP contribution is -2.21. The van der Waals surface area contributed by atoms with E-state index >= 15 is 0 Å². The van der Waals surface area contributed by atoms with Gasteiger partial charge in [-0.1, -0.05) is 30.1 Å². The summed E-state index contributed by atoms with van der Waals surface area (Å²) in [6.07, 6.45) is 0.597. The SMILES string of the molecule is CCC[N+](CCS(=O)(=O)O)=S(=O)=O.Nc1cc(Cl)ccc1Cl. The smallest absolute Gasteiger partial charge is 0.397 e. The first-order valence-corrected chi connectivity index (χ1v) is 9.46. The van der Waals surface area contributed by atoms with Crippen molar-refractivity contribution in [3.8, 4) is 0 Å². The highest BCUT2D eigenvalue weighted by molar-refractivity contribution is 7.85. The summed E-state index contributed by atoms with van der Waals surface area (Å²) in [7, 11) is -6.52. The molecular weight excluding hydrogens is 375 g/mol. The number of halogens is 2. The number of hydrogen-bond donors (Lipinski definition) is 2.